The normalized spacial score (nSPS) is 12.4. The molecular weight excluding hydrogens is 303 g/mol. The van der Waals surface area contributed by atoms with Crippen molar-refractivity contribution in [3.8, 4) is 5.75 Å². The van der Waals surface area contributed by atoms with Crippen molar-refractivity contribution in [2.24, 2.45) is 5.73 Å². The van der Waals surface area contributed by atoms with Gasteiger partial charge in [-0.1, -0.05) is 36.4 Å². The van der Waals surface area contributed by atoms with E-state index in [0.717, 1.165) is 16.7 Å². The molecule has 0 fully saturated rings. The molecule has 0 unspecified atom stereocenters. The molecule has 2 N–H and O–H groups in total. The largest absolute Gasteiger partial charge is 0.573 e. The van der Waals surface area contributed by atoms with Crippen molar-refractivity contribution in [2.75, 3.05) is 0 Å². The maximum absolute atomic E-state index is 12.1. The lowest BCUT2D eigenvalue weighted by molar-refractivity contribution is -0.274. The second kappa shape index (κ2) is 6.83. The smallest absolute Gasteiger partial charge is 0.406 e. The van der Waals surface area contributed by atoms with Gasteiger partial charge in [-0.05, 0) is 35.7 Å². The highest BCUT2D eigenvalue weighted by Gasteiger charge is 2.31. The first-order chi connectivity index (χ1) is 9.37. The van der Waals surface area contributed by atoms with Gasteiger partial charge in [0.15, 0.2) is 0 Å². The van der Waals surface area contributed by atoms with Gasteiger partial charge < -0.3 is 10.5 Å². The van der Waals surface area contributed by atoms with Crippen LogP contribution in [0.5, 0.6) is 5.75 Å². The van der Waals surface area contributed by atoms with E-state index in [1.807, 2.05) is 31.2 Å². The van der Waals surface area contributed by atoms with E-state index in [2.05, 4.69) is 4.74 Å². The molecule has 0 heterocycles. The van der Waals surface area contributed by atoms with Gasteiger partial charge in [-0.25, -0.2) is 0 Å². The first-order valence-electron chi connectivity index (χ1n) is 6.03. The molecule has 21 heavy (non-hydrogen) atoms. The number of halogens is 4. The number of benzene rings is 2. The molecule has 0 saturated carbocycles. The molecule has 0 saturated heterocycles. The Labute approximate surface area is 127 Å². The number of hydrogen-bond acceptors (Lipinski definition) is 2. The Morgan fingerprint density at radius 2 is 1.57 bits per heavy atom. The Bertz CT molecular complexity index is 584. The maximum atomic E-state index is 12.1. The van der Waals surface area contributed by atoms with Gasteiger partial charge in [0, 0.05) is 0 Å². The Hall–Kier alpha value is -1.72. The number of ether oxygens (including phenoxy) is 1. The van der Waals surface area contributed by atoms with Crippen LogP contribution in [-0.4, -0.2) is 6.36 Å². The van der Waals surface area contributed by atoms with E-state index in [4.69, 9.17) is 5.73 Å². The predicted molar refractivity (Wildman–Crippen MR) is 77.6 cm³/mol. The SMILES string of the molecule is Cc1ccccc1[C@@H](N)c1ccc(OC(F)(F)F)cc1.Cl. The summed E-state index contributed by atoms with van der Waals surface area (Å²) < 4.78 is 40.0. The number of aryl methyl sites for hydroxylation is 1. The topological polar surface area (TPSA) is 35.2 Å². The van der Waals surface area contributed by atoms with Gasteiger partial charge in [-0.15, -0.1) is 25.6 Å². The maximum Gasteiger partial charge on any atom is 0.573 e. The summed E-state index contributed by atoms with van der Waals surface area (Å²) in [4.78, 5) is 0. The van der Waals surface area contributed by atoms with Crippen molar-refractivity contribution >= 4 is 12.4 Å². The Balaban J connectivity index is 0.00000220. The predicted octanol–water partition coefficient (Wildman–Crippen LogP) is 4.36. The zero-order chi connectivity index (χ0) is 14.8. The fourth-order valence-electron chi connectivity index (χ4n) is 1.99. The molecule has 0 aromatic heterocycles. The van der Waals surface area contributed by atoms with Crippen LogP contribution in [0.3, 0.4) is 0 Å². The van der Waals surface area contributed by atoms with Crippen LogP contribution in [0.1, 0.15) is 22.7 Å². The summed E-state index contributed by atoms with van der Waals surface area (Å²) in [5.74, 6) is -0.252. The molecule has 2 aromatic rings. The molecular formula is C15H15ClF3NO. The number of rotatable bonds is 3. The van der Waals surface area contributed by atoms with E-state index in [1.54, 1.807) is 0 Å². The van der Waals surface area contributed by atoms with Gasteiger partial charge in [0.25, 0.3) is 0 Å². The van der Waals surface area contributed by atoms with E-state index in [0.29, 0.717) is 0 Å². The summed E-state index contributed by atoms with van der Waals surface area (Å²) in [7, 11) is 0. The molecule has 0 aliphatic heterocycles. The van der Waals surface area contributed by atoms with Crippen molar-refractivity contribution in [1.82, 2.24) is 0 Å². The fourth-order valence-corrected chi connectivity index (χ4v) is 1.99. The molecule has 2 rings (SSSR count). The third kappa shape index (κ3) is 4.65. The van der Waals surface area contributed by atoms with Gasteiger partial charge >= 0.3 is 6.36 Å². The number of alkyl halides is 3. The van der Waals surface area contributed by atoms with Crippen LogP contribution in [0.25, 0.3) is 0 Å². The highest BCUT2D eigenvalue weighted by molar-refractivity contribution is 5.85. The van der Waals surface area contributed by atoms with Crippen molar-refractivity contribution < 1.29 is 17.9 Å². The molecule has 2 aromatic carbocycles. The van der Waals surface area contributed by atoms with Gasteiger partial charge in [0.1, 0.15) is 5.75 Å². The van der Waals surface area contributed by atoms with Crippen molar-refractivity contribution in [1.29, 1.82) is 0 Å². The summed E-state index contributed by atoms with van der Waals surface area (Å²) in [5, 5.41) is 0. The second-order valence-electron chi connectivity index (χ2n) is 4.45. The standard InChI is InChI=1S/C15H14F3NO.ClH/c1-10-4-2-3-5-13(10)14(19)11-6-8-12(9-7-11)20-15(16,17)18;/h2-9,14H,19H2,1H3;1H/t14-;/m0./s1. The summed E-state index contributed by atoms with van der Waals surface area (Å²) in [6, 6.07) is 12.9. The molecule has 0 aliphatic carbocycles. The Morgan fingerprint density at radius 3 is 2.10 bits per heavy atom. The van der Waals surface area contributed by atoms with E-state index >= 15 is 0 Å². The number of hydrogen-bond donors (Lipinski definition) is 1. The molecule has 0 bridgehead atoms. The molecule has 2 nitrogen and oxygen atoms in total. The van der Waals surface area contributed by atoms with Crippen molar-refractivity contribution in [3.05, 3.63) is 65.2 Å². The average Bonchev–Trinajstić information content (AvgIpc) is 2.37. The minimum atomic E-state index is -4.68. The third-order valence-corrected chi connectivity index (χ3v) is 3.00. The van der Waals surface area contributed by atoms with Crippen LogP contribution in [0.15, 0.2) is 48.5 Å². The quantitative estimate of drug-likeness (QED) is 0.912. The lowest BCUT2D eigenvalue weighted by Crippen LogP contribution is -2.17. The van der Waals surface area contributed by atoms with Crippen molar-refractivity contribution in [3.63, 3.8) is 0 Å². The molecule has 6 heteroatoms. The minimum Gasteiger partial charge on any atom is -0.406 e. The van der Waals surface area contributed by atoms with Crippen LogP contribution in [0.4, 0.5) is 13.2 Å². The van der Waals surface area contributed by atoms with Gasteiger partial charge in [0.05, 0.1) is 6.04 Å². The van der Waals surface area contributed by atoms with E-state index in [9.17, 15) is 13.2 Å². The lowest BCUT2D eigenvalue weighted by atomic mass is 9.96. The molecule has 114 valence electrons. The highest BCUT2D eigenvalue weighted by atomic mass is 35.5. The van der Waals surface area contributed by atoms with E-state index in [1.165, 1.54) is 24.3 Å². The Kier molecular flexibility index (Phi) is 5.63. The zero-order valence-electron chi connectivity index (χ0n) is 11.2. The van der Waals surface area contributed by atoms with E-state index in [-0.39, 0.29) is 24.2 Å². The summed E-state index contributed by atoms with van der Waals surface area (Å²) in [5.41, 5.74) is 8.84. The molecule has 1 atom stereocenters. The summed E-state index contributed by atoms with van der Waals surface area (Å²) in [6.45, 7) is 1.94. The van der Waals surface area contributed by atoms with Crippen LogP contribution in [0.2, 0.25) is 0 Å². The molecule has 0 amide bonds. The Morgan fingerprint density at radius 1 is 1.00 bits per heavy atom. The zero-order valence-corrected chi connectivity index (χ0v) is 12.0. The summed E-state index contributed by atoms with van der Waals surface area (Å²) >= 11 is 0. The van der Waals surface area contributed by atoms with Gasteiger partial charge in [-0.3, -0.25) is 0 Å². The third-order valence-electron chi connectivity index (χ3n) is 3.00. The first kappa shape index (κ1) is 17.3. The average molecular weight is 318 g/mol. The highest BCUT2D eigenvalue weighted by Crippen LogP contribution is 2.27. The van der Waals surface area contributed by atoms with Crippen LogP contribution >= 0.6 is 12.4 Å². The second-order valence-corrected chi connectivity index (χ2v) is 4.45. The first-order valence-corrected chi connectivity index (χ1v) is 6.03. The summed E-state index contributed by atoms with van der Waals surface area (Å²) in [6.07, 6.45) is -4.68. The molecule has 0 spiro atoms. The fraction of sp³-hybridized carbons (Fsp3) is 0.200. The van der Waals surface area contributed by atoms with E-state index < -0.39 is 6.36 Å². The van der Waals surface area contributed by atoms with Crippen LogP contribution < -0.4 is 10.5 Å². The number of nitrogens with two attached hydrogens (primary N) is 1. The van der Waals surface area contributed by atoms with Crippen LogP contribution in [-0.2, 0) is 0 Å². The molecule has 0 aliphatic rings. The van der Waals surface area contributed by atoms with Crippen LogP contribution in [0, 0.1) is 6.92 Å². The monoisotopic (exact) mass is 317 g/mol. The lowest BCUT2D eigenvalue weighted by Gasteiger charge is -2.16. The minimum absolute atomic E-state index is 0. The molecule has 0 radical (unpaired) electrons. The van der Waals surface area contributed by atoms with Gasteiger partial charge in [0.2, 0.25) is 0 Å². The van der Waals surface area contributed by atoms with Gasteiger partial charge in [-0.2, -0.15) is 0 Å². The van der Waals surface area contributed by atoms with Crippen molar-refractivity contribution in [2.45, 2.75) is 19.3 Å².